The molecule has 0 bridgehead atoms. The molecule has 3 aromatic carbocycles. The molecule has 0 radical (unpaired) electrons. The predicted molar refractivity (Wildman–Crippen MR) is 128 cm³/mol. The van der Waals surface area contributed by atoms with Gasteiger partial charge in [-0.05, 0) is 36.4 Å². The molecule has 0 aliphatic carbocycles. The lowest BCUT2D eigenvalue weighted by atomic mass is 10.0. The third-order valence-corrected chi connectivity index (χ3v) is 5.21. The number of nitrogens with zero attached hydrogens (tertiary/aromatic N) is 2. The van der Waals surface area contributed by atoms with Gasteiger partial charge in [0.2, 0.25) is 0 Å². The highest BCUT2D eigenvalue weighted by Gasteiger charge is 2.15. The summed E-state index contributed by atoms with van der Waals surface area (Å²) in [6.07, 6.45) is 1.44. The summed E-state index contributed by atoms with van der Waals surface area (Å²) in [6, 6.07) is 18.3. The lowest BCUT2D eigenvalue weighted by Crippen LogP contribution is -2.18. The number of rotatable bonds is 7. The number of hydrogen-bond acceptors (Lipinski definition) is 6. The van der Waals surface area contributed by atoms with Gasteiger partial charge in [-0.25, -0.2) is 14.8 Å². The van der Waals surface area contributed by atoms with Crippen molar-refractivity contribution in [3.05, 3.63) is 83.7 Å². The van der Waals surface area contributed by atoms with Crippen LogP contribution in [0.3, 0.4) is 0 Å². The average molecular weight is 459 g/mol. The van der Waals surface area contributed by atoms with Gasteiger partial charge < -0.3 is 14.2 Å². The number of methoxy groups -OCH3 is 3. The van der Waals surface area contributed by atoms with Crippen LogP contribution >= 0.6 is 0 Å². The normalized spacial score (nSPS) is 10.9. The van der Waals surface area contributed by atoms with E-state index in [0.29, 0.717) is 50.5 Å². The highest BCUT2D eigenvalue weighted by Crippen LogP contribution is 2.32. The Balaban J connectivity index is 1.68. The maximum absolute atomic E-state index is 13.4. The third-order valence-electron chi connectivity index (χ3n) is 5.21. The molecule has 172 valence electrons. The molecule has 0 fully saturated rings. The van der Waals surface area contributed by atoms with Crippen molar-refractivity contribution < 1.29 is 23.4 Å². The number of nitrogens with one attached hydrogen (secondary N) is 1. The number of benzene rings is 3. The second kappa shape index (κ2) is 9.99. The van der Waals surface area contributed by atoms with Crippen molar-refractivity contribution in [1.82, 2.24) is 10.4 Å². The summed E-state index contributed by atoms with van der Waals surface area (Å²) >= 11 is 0. The number of hydrazone groups is 1. The van der Waals surface area contributed by atoms with Crippen LogP contribution in [0.4, 0.5) is 4.39 Å². The first-order valence-electron chi connectivity index (χ1n) is 10.3. The molecule has 4 rings (SSSR count). The molecule has 0 saturated heterocycles. The molecule has 1 heterocycles. The fourth-order valence-electron chi connectivity index (χ4n) is 3.51. The molecule has 8 heteroatoms. The Hall–Kier alpha value is -4.46. The summed E-state index contributed by atoms with van der Waals surface area (Å²) in [5.74, 6) is 0.738. The number of aromatic nitrogens is 1. The first-order valence-corrected chi connectivity index (χ1v) is 10.3. The molecule has 1 amide bonds. The minimum atomic E-state index is -0.426. The van der Waals surface area contributed by atoms with E-state index < -0.39 is 5.91 Å². The quantitative estimate of drug-likeness (QED) is 0.316. The van der Waals surface area contributed by atoms with Gasteiger partial charge in [-0.15, -0.1) is 0 Å². The number of halogens is 1. The first kappa shape index (κ1) is 22.7. The van der Waals surface area contributed by atoms with E-state index in [1.54, 1.807) is 37.4 Å². The lowest BCUT2D eigenvalue weighted by Gasteiger charge is -2.12. The Kier molecular flexibility index (Phi) is 6.68. The van der Waals surface area contributed by atoms with Crippen molar-refractivity contribution in [3.63, 3.8) is 0 Å². The number of amides is 1. The number of ether oxygens (including phenoxy) is 3. The van der Waals surface area contributed by atoms with E-state index in [-0.39, 0.29) is 5.82 Å². The van der Waals surface area contributed by atoms with Crippen LogP contribution in [0.15, 0.2) is 71.8 Å². The maximum Gasteiger partial charge on any atom is 0.272 e. The maximum atomic E-state index is 13.4. The molecule has 0 saturated carbocycles. The molecule has 0 aliphatic heterocycles. The molecule has 0 spiro atoms. The summed E-state index contributed by atoms with van der Waals surface area (Å²) in [7, 11) is 4.58. The fraction of sp³-hybridized carbons (Fsp3) is 0.115. The number of carbonyl (C=O) groups is 1. The van der Waals surface area contributed by atoms with E-state index in [0.717, 1.165) is 0 Å². The average Bonchev–Trinajstić information content (AvgIpc) is 2.88. The third kappa shape index (κ3) is 4.66. The van der Waals surface area contributed by atoms with Gasteiger partial charge >= 0.3 is 0 Å². The molecule has 0 unspecified atom stereocenters. The molecule has 0 atom stereocenters. The van der Waals surface area contributed by atoms with E-state index >= 15 is 0 Å². The summed E-state index contributed by atoms with van der Waals surface area (Å²) < 4.78 is 29.4. The Morgan fingerprint density at radius 3 is 2.26 bits per heavy atom. The number of carbonyl (C=O) groups excluding carboxylic acids is 1. The zero-order chi connectivity index (χ0) is 24.1. The zero-order valence-corrected chi connectivity index (χ0v) is 18.8. The molecular weight excluding hydrogens is 437 g/mol. The van der Waals surface area contributed by atoms with Crippen LogP contribution < -0.4 is 19.6 Å². The van der Waals surface area contributed by atoms with Crippen LogP contribution in [0.5, 0.6) is 17.2 Å². The lowest BCUT2D eigenvalue weighted by molar-refractivity contribution is 0.0956. The van der Waals surface area contributed by atoms with Crippen molar-refractivity contribution in [2.75, 3.05) is 21.3 Å². The van der Waals surface area contributed by atoms with Crippen LogP contribution in [-0.2, 0) is 0 Å². The van der Waals surface area contributed by atoms with E-state index in [9.17, 15) is 9.18 Å². The summed E-state index contributed by atoms with van der Waals surface area (Å²) in [4.78, 5) is 17.7. The predicted octanol–water partition coefficient (Wildman–Crippen LogP) is 4.83. The molecule has 34 heavy (non-hydrogen) atoms. The van der Waals surface area contributed by atoms with Gasteiger partial charge in [-0.3, -0.25) is 4.79 Å². The number of fused-ring (bicyclic) bond motifs is 1. The molecule has 1 aromatic heterocycles. The Labute approximate surface area is 195 Å². The fourth-order valence-corrected chi connectivity index (χ4v) is 3.51. The summed E-state index contributed by atoms with van der Waals surface area (Å²) in [5, 5.41) is 4.78. The highest BCUT2D eigenvalue weighted by atomic mass is 19.1. The van der Waals surface area contributed by atoms with E-state index in [1.165, 1.54) is 32.6 Å². The number of para-hydroxylation sites is 1. The van der Waals surface area contributed by atoms with Crippen molar-refractivity contribution >= 4 is 23.0 Å². The smallest absolute Gasteiger partial charge is 0.272 e. The molecular formula is C26H22FN3O4. The van der Waals surface area contributed by atoms with Gasteiger partial charge in [0.15, 0.2) is 0 Å². The van der Waals surface area contributed by atoms with E-state index in [2.05, 4.69) is 15.5 Å². The zero-order valence-electron chi connectivity index (χ0n) is 18.8. The van der Waals surface area contributed by atoms with Crippen LogP contribution in [0.2, 0.25) is 0 Å². The standard InChI is InChI=1S/C26H22FN3O4/c1-32-18-12-24(33-2)21(25(13-18)34-3)15-28-30-26(31)20-14-23(16-8-10-17(27)11-9-16)29-22-7-5-4-6-19(20)22/h4-15H,1-3H3,(H,30,31)/b28-15+. The van der Waals surface area contributed by atoms with Crippen LogP contribution in [0.1, 0.15) is 15.9 Å². The Bertz CT molecular complexity index is 1350. The highest BCUT2D eigenvalue weighted by molar-refractivity contribution is 6.07. The van der Waals surface area contributed by atoms with E-state index in [4.69, 9.17) is 14.2 Å². The topological polar surface area (TPSA) is 82.0 Å². The summed E-state index contributed by atoms with van der Waals surface area (Å²) in [5.41, 5.74) is 5.36. The second-order valence-electron chi connectivity index (χ2n) is 7.22. The van der Waals surface area contributed by atoms with E-state index in [1.807, 2.05) is 24.3 Å². The minimum Gasteiger partial charge on any atom is -0.496 e. The van der Waals surface area contributed by atoms with Crippen molar-refractivity contribution in [1.29, 1.82) is 0 Å². The van der Waals surface area contributed by atoms with Gasteiger partial charge in [0.25, 0.3) is 5.91 Å². The van der Waals surface area contributed by atoms with Crippen molar-refractivity contribution in [3.8, 4) is 28.5 Å². The Morgan fingerprint density at radius 2 is 1.62 bits per heavy atom. The van der Waals surface area contributed by atoms with Gasteiger partial charge in [0.1, 0.15) is 23.1 Å². The van der Waals surface area contributed by atoms with Crippen molar-refractivity contribution in [2.45, 2.75) is 0 Å². The van der Waals surface area contributed by atoms with Crippen LogP contribution in [0, 0.1) is 5.82 Å². The van der Waals surface area contributed by atoms with Gasteiger partial charge in [0, 0.05) is 23.1 Å². The largest absolute Gasteiger partial charge is 0.496 e. The van der Waals surface area contributed by atoms with Crippen molar-refractivity contribution in [2.24, 2.45) is 5.10 Å². The number of hydrogen-bond donors (Lipinski definition) is 1. The van der Waals surface area contributed by atoms with Crippen LogP contribution in [-0.4, -0.2) is 38.4 Å². The van der Waals surface area contributed by atoms with Gasteiger partial charge in [-0.1, -0.05) is 18.2 Å². The molecule has 1 N–H and O–H groups in total. The molecule has 4 aromatic rings. The second-order valence-corrected chi connectivity index (χ2v) is 7.22. The summed E-state index contributed by atoms with van der Waals surface area (Å²) in [6.45, 7) is 0. The minimum absolute atomic E-state index is 0.346. The monoisotopic (exact) mass is 459 g/mol. The Morgan fingerprint density at radius 1 is 0.941 bits per heavy atom. The number of pyridine rings is 1. The van der Waals surface area contributed by atoms with Gasteiger partial charge in [0.05, 0.1) is 49.9 Å². The van der Waals surface area contributed by atoms with Gasteiger partial charge in [-0.2, -0.15) is 5.10 Å². The first-order chi connectivity index (χ1) is 16.5. The molecule has 0 aliphatic rings. The SMILES string of the molecule is COc1cc(OC)c(/C=N/NC(=O)c2cc(-c3ccc(F)cc3)nc3ccccc23)c(OC)c1. The molecule has 7 nitrogen and oxygen atoms in total. The van der Waals surface area contributed by atoms with Crippen LogP contribution in [0.25, 0.3) is 22.2 Å².